The fourth-order valence-corrected chi connectivity index (χ4v) is 1.73. The van der Waals surface area contributed by atoms with Crippen LogP contribution in [0.25, 0.3) is 0 Å². The third-order valence-corrected chi connectivity index (χ3v) is 3.07. The van der Waals surface area contributed by atoms with Gasteiger partial charge >= 0.3 is 5.97 Å². The maximum Gasteiger partial charge on any atom is 0.319 e. The summed E-state index contributed by atoms with van der Waals surface area (Å²) in [6.45, 7) is 6.02. The van der Waals surface area contributed by atoms with Crippen LogP contribution in [0, 0.1) is 5.41 Å². The van der Waals surface area contributed by atoms with Crippen LogP contribution in [0.1, 0.15) is 26.3 Å². The summed E-state index contributed by atoms with van der Waals surface area (Å²) < 4.78 is 4.94. The zero-order valence-corrected chi connectivity index (χ0v) is 12.5. The van der Waals surface area contributed by atoms with Crippen LogP contribution in [0.2, 0.25) is 0 Å². The minimum Gasteiger partial charge on any atom is -0.465 e. The molecule has 0 radical (unpaired) electrons. The van der Waals surface area contributed by atoms with Gasteiger partial charge in [-0.3, -0.25) is 19.5 Å². The summed E-state index contributed by atoms with van der Waals surface area (Å²) >= 11 is 0. The van der Waals surface area contributed by atoms with E-state index >= 15 is 0 Å². The van der Waals surface area contributed by atoms with Gasteiger partial charge < -0.3 is 4.74 Å². The number of Topliss-reactive ketones (excluding diaryl/α,β-unsaturated/α-hetero) is 1. The van der Waals surface area contributed by atoms with Crippen molar-refractivity contribution in [1.82, 2.24) is 9.88 Å². The van der Waals surface area contributed by atoms with Crippen LogP contribution in [-0.2, 0) is 20.9 Å². The highest BCUT2D eigenvalue weighted by molar-refractivity contribution is 6.03. The molecular formula is C15H22N2O3. The topological polar surface area (TPSA) is 59.5 Å². The van der Waals surface area contributed by atoms with Crippen molar-refractivity contribution in [3.63, 3.8) is 0 Å². The zero-order chi connectivity index (χ0) is 15.2. The number of carbonyl (C=O) groups is 2. The molecule has 0 saturated heterocycles. The van der Waals surface area contributed by atoms with E-state index in [-0.39, 0.29) is 18.9 Å². The Kier molecular flexibility index (Phi) is 5.82. The lowest BCUT2D eigenvalue weighted by Gasteiger charge is -2.24. The van der Waals surface area contributed by atoms with Gasteiger partial charge in [-0.2, -0.15) is 0 Å². The Bertz CT molecular complexity index is 457. The van der Waals surface area contributed by atoms with Crippen LogP contribution in [-0.4, -0.2) is 41.8 Å². The maximum absolute atomic E-state index is 12.2. The number of carbonyl (C=O) groups excluding carboxylic acids is 2. The maximum atomic E-state index is 12.2. The third-order valence-electron chi connectivity index (χ3n) is 3.07. The average Bonchev–Trinajstić information content (AvgIpc) is 2.39. The molecule has 0 N–H and O–H groups in total. The predicted octanol–water partition coefficient (Wildman–Crippen LogP) is 1.67. The van der Waals surface area contributed by atoms with Gasteiger partial charge in [-0.1, -0.05) is 6.07 Å². The van der Waals surface area contributed by atoms with Crippen molar-refractivity contribution in [2.24, 2.45) is 5.41 Å². The van der Waals surface area contributed by atoms with E-state index in [4.69, 9.17) is 4.74 Å². The molecule has 0 aliphatic heterocycles. The van der Waals surface area contributed by atoms with Crippen molar-refractivity contribution in [2.75, 3.05) is 20.2 Å². The van der Waals surface area contributed by atoms with E-state index in [9.17, 15) is 9.59 Å². The SMILES string of the molecule is CCOC(=O)C(C)(C)C(=O)CN(C)Cc1cccnc1. The monoisotopic (exact) mass is 278 g/mol. The molecule has 0 bridgehead atoms. The number of pyridine rings is 1. The number of ketones is 1. The van der Waals surface area contributed by atoms with Crippen LogP contribution >= 0.6 is 0 Å². The molecule has 20 heavy (non-hydrogen) atoms. The number of esters is 1. The fraction of sp³-hybridized carbons (Fsp3) is 0.533. The van der Waals surface area contributed by atoms with E-state index in [0.717, 1.165) is 5.56 Å². The molecule has 5 nitrogen and oxygen atoms in total. The standard InChI is InChI=1S/C15H22N2O3/c1-5-20-14(19)15(2,3)13(18)11-17(4)10-12-7-6-8-16-9-12/h6-9H,5,10-11H2,1-4H3. The van der Waals surface area contributed by atoms with Crippen LogP contribution < -0.4 is 0 Å². The minimum atomic E-state index is -1.11. The predicted molar refractivity (Wildman–Crippen MR) is 76.0 cm³/mol. The third kappa shape index (κ3) is 4.42. The van der Waals surface area contributed by atoms with Crippen LogP contribution in [0.5, 0.6) is 0 Å². The summed E-state index contributed by atoms with van der Waals surface area (Å²) in [5.74, 6) is -0.623. The number of likely N-dealkylation sites (N-methyl/N-ethyl adjacent to an activating group) is 1. The minimum absolute atomic E-state index is 0.151. The second kappa shape index (κ2) is 7.14. The van der Waals surface area contributed by atoms with Gasteiger partial charge in [-0.15, -0.1) is 0 Å². The molecule has 1 aromatic heterocycles. The molecule has 1 rings (SSSR count). The van der Waals surface area contributed by atoms with Crippen molar-refractivity contribution in [1.29, 1.82) is 0 Å². The normalized spacial score (nSPS) is 11.4. The summed E-state index contributed by atoms with van der Waals surface area (Å²) in [5, 5.41) is 0. The molecule has 110 valence electrons. The highest BCUT2D eigenvalue weighted by Gasteiger charge is 2.37. The molecule has 0 aliphatic carbocycles. The van der Waals surface area contributed by atoms with Crippen molar-refractivity contribution < 1.29 is 14.3 Å². The van der Waals surface area contributed by atoms with Crippen molar-refractivity contribution in [3.8, 4) is 0 Å². The number of ether oxygens (including phenoxy) is 1. The van der Waals surface area contributed by atoms with Crippen LogP contribution in [0.4, 0.5) is 0 Å². The first-order valence-corrected chi connectivity index (χ1v) is 6.66. The molecule has 0 fully saturated rings. The Labute approximate surface area is 119 Å². The summed E-state index contributed by atoms with van der Waals surface area (Å²) in [6, 6.07) is 3.80. The fourth-order valence-electron chi connectivity index (χ4n) is 1.73. The molecule has 0 amide bonds. The number of hydrogen-bond donors (Lipinski definition) is 0. The van der Waals surface area contributed by atoms with E-state index in [0.29, 0.717) is 6.54 Å². The molecule has 0 saturated carbocycles. The first kappa shape index (κ1) is 16.3. The van der Waals surface area contributed by atoms with Gasteiger partial charge in [-0.25, -0.2) is 0 Å². The smallest absolute Gasteiger partial charge is 0.319 e. The van der Waals surface area contributed by atoms with Gasteiger partial charge in [0.15, 0.2) is 5.78 Å². The Balaban J connectivity index is 2.59. The first-order valence-electron chi connectivity index (χ1n) is 6.66. The molecule has 0 spiro atoms. The Morgan fingerprint density at radius 2 is 2.10 bits per heavy atom. The highest BCUT2D eigenvalue weighted by Crippen LogP contribution is 2.19. The molecule has 0 atom stereocenters. The summed E-state index contributed by atoms with van der Waals surface area (Å²) in [6.07, 6.45) is 3.47. The van der Waals surface area contributed by atoms with E-state index in [1.165, 1.54) is 0 Å². The molecule has 0 aromatic carbocycles. The number of aromatic nitrogens is 1. The van der Waals surface area contributed by atoms with Gasteiger partial charge in [0.1, 0.15) is 5.41 Å². The number of nitrogens with zero attached hydrogens (tertiary/aromatic N) is 2. The number of rotatable bonds is 7. The summed E-state index contributed by atoms with van der Waals surface area (Å²) in [4.78, 5) is 29.9. The first-order chi connectivity index (χ1) is 9.37. The van der Waals surface area contributed by atoms with Crippen molar-refractivity contribution in [3.05, 3.63) is 30.1 Å². The van der Waals surface area contributed by atoms with E-state index in [1.807, 2.05) is 24.1 Å². The second-order valence-electron chi connectivity index (χ2n) is 5.30. The lowest BCUT2D eigenvalue weighted by atomic mass is 9.88. The van der Waals surface area contributed by atoms with E-state index in [2.05, 4.69) is 4.98 Å². The second-order valence-corrected chi connectivity index (χ2v) is 5.30. The highest BCUT2D eigenvalue weighted by atomic mass is 16.5. The van der Waals surface area contributed by atoms with Crippen molar-refractivity contribution in [2.45, 2.75) is 27.3 Å². The molecule has 0 unspecified atom stereocenters. The zero-order valence-electron chi connectivity index (χ0n) is 12.5. The largest absolute Gasteiger partial charge is 0.465 e. The lowest BCUT2D eigenvalue weighted by Crippen LogP contribution is -2.41. The molecule has 5 heteroatoms. The molecular weight excluding hydrogens is 256 g/mol. The van der Waals surface area contributed by atoms with Gasteiger partial charge in [-0.05, 0) is 39.4 Å². The quantitative estimate of drug-likeness (QED) is 0.561. The van der Waals surface area contributed by atoms with Gasteiger partial charge in [0.2, 0.25) is 0 Å². The van der Waals surface area contributed by atoms with Crippen LogP contribution in [0.3, 0.4) is 0 Å². The summed E-state index contributed by atoms with van der Waals surface area (Å²) in [5.41, 5.74) is -0.0871. The number of hydrogen-bond acceptors (Lipinski definition) is 5. The Morgan fingerprint density at radius 1 is 1.40 bits per heavy atom. The van der Waals surface area contributed by atoms with E-state index < -0.39 is 11.4 Å². The van der Waals surface area contributed by atoms with Gasteiger partial charge in [0, 0.05) is 18.9 Å². The average molecular weight is 278 g/mol. The van der Waals surface area contributed by atoms with Gasteiger partial charge in [0.05, 0.1) is 13.2 Å². The van der Waals surface area contributed by atoms with Crippen LogP contribution in [0.15, 0.2) is 24.5 Å². The Morgan fingerprint density at radius 3 is 2.65 bits per heavy atom. The lowest BCUT2D eigenvalue weighted by molar-refractivity contribution is -0.158. The molecule has 1 heterocycles. The Hall–Kier alpha value is -1.75. The molecule has 1 aromatic rings. The summed E-state index contributed by atoms with van der Waals surface area (Å²) in [7, 11) is 1.84. The van der Waals surface area contributed by atoms with Gasteiger partial charge in [0.25, 0.3) is 0 Å². The molecule has 0 aliphatic rings. The van der Waals surface area contributed by atoms with E-state index in [1.54, 1.807) is 33.2 Å². The van der Waals surface area contributed by atoms with Crippen molar-refractivity contribution >= 4 is 11.8 Å².